The second-order valence-electron chi connectivity index (χ2n) is 9.93. The van der Waals surface area contributed by atoms with E-state index in [1.54, 1.807) is 12.7 Å². The van der Waals surface area contributed by atoms with Crippen LogP contribution in [0.4, 0.5) is 0 Å². The summed E-state index contributed by atoms with van der Waals surface area (Å²) in [6.45, 7) is 4.34. The van der Waals surface area contributed by atoms with E-state index >= 15 is 0 Å². The molecule has 9 heteroatoms. The largest absolute Gasteiger partial charge is 0.393 e. The second kappa shape index (κ2) is 12.0. The third kappa shape index (κ3) is 6.02. The fourth-order valence-corrected chi connectivity index (χ4v) is 4.99. The van der Waals surface area contributed by atoms with E-state index in [1.807, 2.05) is 45.8 Å². The lowest BCUT2D eigenvalue weighted by molar-refractivity contribution is 0.144. The Morgan fingerprint density at radius 2 is 1.08 bits per heavy atom. The van der Waals surface area contributed by atoms with Gasteiger partial charge in [0.25, 0.3) is 0 Å². The lowest BCUT2D eigenvalue weighted by Gasteiger charge is -2.30. The smallest absolute Gasteiger partial charge is 0.139 e. The monoisotopic (exact) mass is 488 g/mol. The third-order valence-electron chi connectivity index (χ3n) is 7.40. The summed E-state index contributed by atoms with van der Waals surface area (Å²) in [4.78, 5) is 0. The molecule has 0 fully saturated rings. The van der Waals surface area contributed by atoms with E-state index in [4.69, 9.17) is 0 Å². The number of nitrogens with zero attached hydrogens (tertiary/aromatic N) is 8. The van der Waals surface area contributed by atoms with Crippen LogP contribution in [0.3, 0.4) is 0 Å². The Labute approximate surface area is 212 Å². The van der Waals surface area contributed by atoms with E-state index in [0.717, 1.165) is 51.4 Å². The highest BCUT2D eigenvalue weighted by Gasteiger charge is 2.30. The first-order chi connectivity index (χ1) is 17.5. The van der Waals surface area contributed by atoms with Gasteiger partial charge in [0.15, 0.2) is 0 Å². The lowest BCUT2D eigenvalue weighted by Crippen LogP contribution is -2.32. The average Bonchev–Trinajstić information content (AvgIpc) is 3.65. The van der Waals surface area contributed by atoms with Crippen LogP contribution >= 0.6 is 0 Å². The first-order valence-corrected chi connectivity index (χ1v) is 12.8. The molecule has 0 spiro atoms. The standard InChI is InChI=1S/C27H36N8O/c1-26(34-21-28-30-32-34,23-13-5-3-6-14-23)19-11-9-17-25(36)18-10-12-20-27(2,35-22-29-31-33-35)24-15-7-4-8-16-24/h3-8,13-16,21-22,25,36H,9-12,17-20H2,1-2H3. The number of aliphatic hydroxyl groups is 1. The summed E-state index contributed by atoms with van der Waals surface area (Å²) in [5.74, 6) is 0. The summed E-state index contributed by atoms with van der Waals surface area (Å²) in [5.41, 5.74) is 1.74. The maximum atomic E-state index is 10.6. The molecule has 1 N–H and O–H groups in total. The van der Waals surface area contributed by atoms with Gasteiger partial charge < -0.3 is 5.11 Å². The van der Waals surface area contributed by atoms with Gasteiger partial charge in [0.2, 0.25) is 0 Å². The van der Waals surface area contributed by atoms with E-state index in [0.29, 0.717) is 0 Å². The highest BCUT2D eigenvalue weighted by molar-refractivity contribution is 5.25. The number of rotatable bonds is 14. The minimum atomic E-state index is -0.312. The van der Waals surface area contributed by atoms with E-state index in [1.165, 1.54) is 11.1 Å². The summed E-state index contributed by atoms with van der Waals surface area (Å²) in [5, 5.41) is 34.4. The van der Waals surface area contributed by atoms with Gasteiger partial charge in [-0.15, -0.1) is 10.2 Å². The fraction of sp³-hybridized carbons (Fsp3) is 0.481. The Kier molecular flexibility index (Phi) is 8.53. The van der Waals surface area contributed by atoms with Crippen LogP contribution in [0.25, 0.3) is 0 Å². The van der Waals surface area contributed by atoms with Crippen LogP contribution in [0, 0.1) is 0 Å². The predicted octanol–water partition coefficient (Wildman–Crippen LogP) is 4.37. The van der Waals surface area contributed by atoms with Crippen LogP contribution < -0.4 is 0 Å². The molecular weight excluding hydrogens is 452 g/mol. The maximum absolute atomic E-state index is 10.6. The van der Waals surface area contributed by atoms with Crippen molar-refractivity contribution in [3.05, 3.63) is 84.4 Å². The molecule has 0 aliphatic rings. The number of aliphatic hydroxyl groups excluding tert-OH is 1. The SMILES string of the molecule is CC(CCCCC(O)CCCCC(C)(c1ccccc1)n1cnnn1)(c1ccccc1)n1cnnn1. The molecule has 0 saturated carbocycles. The topological polar surface area (TPSA) is 107 Å². The van der Waals surface area contributed by atoms with Gasteiger partial charge in [-0.3, -0.25) is 0 Å². The summed E-state index contributed by atoms with van der Waals surface area (Å²) < 4.78 is 3.68. The fourth-order valence-electron chi connectivity index (χ4n) is 4.99. The van der Waals surface area contributed by atoms with Crippen LogP contribution in [0.15, 0.2) is 73.3 Å². The van der Waals surface area contributed by atoms with E-state index in [-0.39, 0.29) is 17.2 Å². The Morgan fingerprint density at radius 3 is 1.44 bits per heavy atom. The molecule has 4 aromatic rings. The number of unbranched alkanes of at least 4 members (excludes halogenated alkanes) is 2. The lowest BCUT2D eigenvalue weighted by atomic mass is 9.86. The van der Waals surface area contributed by atoms with Gasteiger partial charge in [0.1, 0.15) is 12.7 Å². The van der Waals surface area contributed by atoms with E-state index < -0.39 is 0 Å². The van der Waals surface area contributed by atoms with Crippen LogP contribution in [-0.4, -0.2) is 51.6 Å². The molecule has 0 amide bonds. The van der Waals surface area contributed by atoms with E-state index in [9.17, 15) is 5.11 Å². The van der Waals surface area contributed by atoms with Crippen molar-refractivity contribution in [3.63, 3.8) is 0 Å². The van der Waals surface area contributed by atoms with Gasteiger partial charge in [0, 0.05) is 0 Å². The quantitative estimate of drug-likeness (QED) is 0.263. The molecule has 9 nitrogen and oxygen atoms in total. The van der Waals surface area contributed by atoms with Crippen LogP contribution in [-0.2, 0) is 11.1 Å². The van der Waals surface area contributed by atoms with Crippen molar-refractivity contribution < 1.29 is 5.11 Å². The Morgan fingerprint density at radius 1 is 0.667 bits per heavy atom. The number of benzene rings is 2. The average molecular weight is 489 g/mol. The molecule has 2 aromatic heterocycles. The van der Waals surface area contributed by atoms with Crippen molar-refractivity contribution in [2.75, 3.05) is 0 Å². The zero-order valence-corrected chi connectivity index (χ0v) is 21.2. The van der Waals surface area contributed by atoms with Gasteiger partial charge in [-0.1, -0.05) is 86.3 Å². The molecular formula is C27H36N8O. The first-order valence-electron chi connectivity index (χ1n) is 12.8. The highest BCUT2D eigenvalue weighted by atomic mass is 16.3. The third-order valence-corrected chi connectivity index (χ3v) is 7.40. The van der Waals surface area contributed by atoms with Gasteiger partial charge in [0.05, 0.1) is 17.2 Å². The summed E-state index contributed by atoms with van der Waals surface area (Å²) in [6.07, 6.45) is 10.3. The van der Waals surface area contributed by atoms with Crippen LogP contribution in [0.2, 0.25) is 0 Å². The molecule has 2 atom stereocenters. The van der Waals surface area contributed by atoms with Crippen molar-refractivity contribution in [1.29, 1.82) is 0 Å². The summed E-state index contributed by atoms with van der Waals surface area (Å²) in [6, 6.07) is 20.7. The van der Waals surface area contributed by atoms with Crippen molar-refractivity contribution in [2.45, 2.75) is 82.4 Å². The van der Waals surface area contributed by atoms with Crippen molar-refractivity contribution in [1.82, 2.24) is 40.4 Å². The van der Waals surface area contributed by atoms with Crippen molar-refractivity contribution >= 4 is 0 Å². The number of tetrazole rings is 2. The second-order valence-corrected chi connectivity index (χ2v) is 9.93. The Balaban J connectivity index is 1.23. The predicted molar refractivity (Wildman–Crippen MR) is 137 cm³/mol. The molecule has 2 aromatic carbocycles. The van der Waals surface area contributed by atoms with Crippen LogP contribution in [0.5, 0.6) is 0 Å². The molecule has 0 bridgehead atoms. The molecule has 0 aliphatic carbocycles. The van der Waals surface area contributed by atoms with E-state index in [2.05, 4.69) is 69.2 Å². The van der Waals surface area contributed by atoms with Crippen molar-refractivity contribution in [3.8, 4) is 0 Å². The Bertz CT molecular complexity index is 1050. The van der Waals surface area contributed by atoms with Gasteiger partial charge in [-0.25, -0.2) is 9.36 Å². The van der Waals surface area contributed by atoms with Crippen LogP contribution in [0.1, 0.15) is 76.3 Å². The number of hydrogen-bond acceptors (Lipinski definition) is 7. The maximum Gasteiger partial charge on any atom is 0.139 e. The number of hydrogen-bond donors (Lipinski definition) is 1. The number of aromatic nitrogens is 8. The molecule has 0 saturated heterocycles. The van der Waals surface area contributed by atoms with Gasteiger partial charge in [-0.2, -0.15) is 0 Å². The zero-order valence-electron chi connectivity index (χ0n) is 21.2. The highest BCUT2D eigenvalue weighted by Crippen LogP contribution is 2.32. The molecule has 190 valence electrons. The minimum absolute atomic E-state index is 0.294. The molecule has 2 unspecified atom stereocenters. The Hall–Kier alpha value is -3.46. The van der Waals surface area contributed by atoms with Crippen molar-refractivity contribution in [2.24, 2.45) is 0 Å². The molecule has 0 radical (unpaired) electrons. The first kappa shape index (κ1) is 25.6. The minimum Gasteiger partial charge on any atom is -0.393 e. The summed E-state index contributed by atoms with van der Waals surface area (Å²) >= 11 is 0. The normalized spacial score (nSPS) is 15.8. The summed E-state index contributed by atoms with van der Waals surface area (Å²) in [7, 11) is 0. The molecule has 36 heavy (non-hydrogen) atoms. The van der Waals surface area contributed by atoms with Gasteiger partial charge >= 0.3 is 0 Å². The van der Waals surface area contributed by atoms with Gasteiger partial charge in [-0.05, 0) is 71.5 Å². The molecule has 0 aliphatic heterocycles. The molecule has 2 heterocycles. The zero-order chi connectivity index (χ0) is 25.3. The molecule has 4 rings (SSSR count).